The molecule has 0 aliphatic rings. The van der Waals surface area contributed by atoms with E-state index in [2.05, 4.69) is 22.6 Å². The maximum absolute atomic E-state index is 12.9. The van der Waals surface area contributed by atoms with Gasteiger partial charge in [0.05, 0.1) is 20.4 Å². The first-order valence-corrected chi connectivity index (χ1v) is 10.9. The van der Waals surface area contributed by atoms with E-state index in [4.69, 9.17) is 9.05 Å². The van der Waals surface area contributed by atoms with E-state index in [1.807, 2.05) is 48.5 Å². The molecule has 2 heterocycles. The number of thiazole rings is 2. The van der Waals surface area contributed by atoms with Gasteiger partial charge in [0.2, 0.25) is 0 Å². The molecule has 5 nitrogen and oxygen atoms in total. The lowest BCUT2D eigenvalue weighted by Gasteiger charge is -2.14. The summed E-state index contributed by atoms with van der Waals surface area (Å²) in [7, 11) is -3.49. The molecule has 0 bridgehead atoms. The summed E-state index contributed by atoms with van der Waals surface area (Å²) in [6.07, 6.45) is 0. The minimum atomic E-state index is -3.49. The lowest BCUT2D eigenvalue weighted by atomic mass is 10.3. The van der Waals surface area contributed by atoms with E-state index >= 15 is 0 Å². The number of benzene rings is 2. The van der Waals surface area contributed by atoms with E-state index < -0.39 is 7.60 Å². The molecule has 0 saturated heterocycles. The van der Waals surface area contributed by atoms with Crippen molar-refractivity contribution in [2.24, 2.45) is 0 Å². The Morgan fingerprint density at radius 2 is 1.33 bits per heavy atom. The summed E-state index contributed by atoms with van der Waals surface area (Å²) in [6, 6.07) is 15.2. The third kappa shape index (κ3) is 3.15. The highest BCUT2D eigenvalue weighted by Gasteiger charge is 2.29. The van der Waals surface area contributed by atoms with Crippen LogP contribution in [0.2, 0.25) is 0 Å². The molecule has 0 N–H and O–H groups in total. The van der Waals surface area contributed by atoms with Crippen molar-refractivity contribution in [3.8, 4) is 10.4 Å². The minimum Gasteiger partial charge on any atom is -0.387 e. The van der Waals surface area contributed by atoms with Crippen LogP contribution in [0, 0.1) is 0 Å². The molecule has 9 heteroatoms. The molecule has 4 aromatic rings. The topological polar surface area (TPSA) is 61.3 Å². The van der Waals surface area contributed by atoms with Crippen LogP contribution in [0.3, 0.4) is 0 Å². The van der Waals surface area contributed by atoms with Gasteiger partial charge in [0.15, 0.2) is 0 Å². The number of fused-ring (bicyclic) bond motifs is 2. The summed E-state index contributed by atoms with van der Waals surface area (Å²) >= 11 is 6.77. The molecule has 4 rings (SSSR count). The Bertz CT molecular complexity index is 916. The van der Waals surface area contributed by atoms with Gasteiger partial charge in [0.1, 0.15) is 5.49 Å². The highest BCUT2D eigenvalue weighted by atomic mass is 32.1. The fraction of sp³-hybridized carbons (Fsp3) is 0.0667. The number of aromatic nitrogens is 2. The Morgan fingerprint density at radius 3 is 1.75 bits per heavy atom. The van der Waals surface area contributed by atoms with E-state index in [-0.39, 0.29) is 5.49 Å². The van der Waals surface area contributed by atoms with E-state index in [0.717, 1.165) is 20.4 Å². The average Bonchev–Trinajstić information content (AvgIpc) is 3.16. The van der Waals surface area contributed by atoms with Gasteiger partial charge in [0.25, 0.3) is 10.4 Å². The van der Waals surface area contributed by atoms with Crippen LogP contribution in [0.4, 0.5) is 0 Å². The van der Waals surface area contributed by atoms with E-state index in [9.17, 15) is 4.57 Å². The summed E-state index contributed by atoms with van der Waals surface area (Å²) in [4.78, 5) is 8.65. The summed E-state index contributed by atoms with van der Waals surface area (Å²) in [5, 5.41) is 0.601. The maximum atomic E-state index is 12.9. The van der Waals surface area contributed by atoms with Crippen LogP contribution >= 0.6 is 42.9 Å². The fourth-order valence-electron chi connectivity index (χ4n) is 2.09. The van der Waals surface area contributed by atoms with Crippen LogP contribution in [0.5, 0.6) is 10.4 Å². The van der Waals surface area contributed by atoms with E-state index in [1.165, 1.54) is 22.7 Å². The molecule has 24 heavy (non-hydrogen) atoms. The molecule has 0 unspecified atom stereocenters. The number of thiol groups is 1. The molecule has 0 spiro atoms. The van der Waals surface area contributed by atoms with Crippen LogP contribution in [-0.4, -0.2) is 15.5 Å². The Hall–Kier alpha value is -1.60. The summed E-state index contributed by atoms with van der Waals surface area (Å²) < 4.78 is 25.9. The second-order valence-electron chi connectivity index (χ2n) is 4.83. The zero-order valence-corrected chi connectivity index (χ0v) is 15.6. The molecular formula is C15H11N2O3PS3. The van der Waals surface area contributed by atoms with E-state index in [1.54, 1.807) is 0 Å². The Kier molecular flexibility index (Phi) is 4.22. The number of hydrogen-bond acceptors (Lipinski definition) is 8. The third-order valence-corrected chi connectivity index (χ3v) is 7.52. The fourth-order valence-corrected chi connectivity index (χ4v) is 5.52. The molecule has 0 radical (unpaired) electrons. The smallest absolute Gasteiger partial charge is 0.387 e. The molecule has 0 aliphatic carbocycles. The number of hydrogen-bond donors (Lipinski definition) is 1. The maximum Gasteiger partial charge on any atom is 0.443 e. The van der Waals surface area contributed by atoms with Crippen molar-refractivity contribution >= 4 is 63.3 Å². The summed E-state index contributed by atoms with van der Waals surface area (Å²) in [6.45, 7) is 0. The Labute approximate surface area is 151 Å². The normalized spacial score (nSPS) is 11.9. The van der Waals surface area contributed by atoms with Gasteiger partial charge in [-0.25, -0.2) is 14.5 Å². The molecule has 2 aromatic carbocycles. The van der Waals surface area contributed by atoms with Gasteiger partial charge in [-0.1, -0.05) is 46.9 Å². The van der Waals surface area contributed by atoms with Crippen LogP contribution < -0.4 is 9.05 Å². The molecule has 0 atom stereocenters. The first-order chi connectivity index (χ1) is 11.6. The van der Waals surface area contributed by atoms with Gasteiger partial charge in [-0.3, -0.25) is 0 Å². The van der Waals surface area contributed by atoms with Gasteiger partial charge in [-0.2, -0.15) is 12.6 Å². The lowest BCUT2D eigenvalue weighted by molar-refractivity contribution is 0.391. The second-order valence-corrected chi connectivity index (χ2v) is 9.53. The van der Waals surface area contributed by atoms with Crippen molar-refractivity contribution in [2.75, 3.05) is 5.49 Å². The zero-order valence-electron chi connectivity index (χ0n) is 12.2. The van der Waals surface area contributed by atoms with Crippen molar-refractivity contribution in [1.82, 2.24) is 9.97 Å². The Balaban J connectivity index is 1.61. The number of rotatable bonds is 5. The molecule has 0 saturated carbocycles. The van der Waals surface area contributed by atoms with Crippen molar-refractivity contribution in [1.29, 1.82) is 0 Å². The van der Waals surface area contributed by atoms with Crippen LogP contribution in [0.1, 0.15) is 0 Å². The molecule has 0 amide bonds. The minimum absolute atomic E-state index is 0.0706. The van der Waals surface area contributed by atoms with E-state index in [0.29, 0.717) is 10.4 Å². The van der Waals surface area contributed by atoms with Crippen LogP contribution in [0.25, 0.3) is 20.4 Å². The largest absolute Gasteiger partial charge is 0.443 e. The number of nitrogens with zero attached hydrogens (tertiary/aromatic N) is 2. The third-order valence-electron chi connectivity index (χ3n) is 3.16. The van der Waals surface area contributed by atoms with Crippen molar-refractivity contribution in [3.63, 3.8) is 0 Å². The molecule has 0 fully saturated rings. The van der Waals surface area contributed by atoms with Crippen molar-refractivity contribution < 1.29 is 13.6 Å². The molecular weight excluding hydrogens is 383 g/mol. The average molecular weight is 394 g/mol. The first kappa shape index (κ1) is 15.9. The van der Waals surface area contributed by atoms with Gasteiger partial charge < -0.3 is 9.05 Å². The second kappa shape index (κ2) is 6.37. The Morgan fingerprint density at radius 1 is 0.875 bits per heavy atom. The van der Waals surface area contributed by atoms with Gasteiger partial charge in [0, 0.05) is 0 Å². The lowest BCUT2D eigenvalue weighted by Crippen LogP contribution is -2.01. The molecule has 122 valence electrons. The van der Waals surface area contributed by atoms with Crippen LogP contribution in [-0.2, 0) is 4.57 Å². The predicted molar refractivity (Wildman–Crippen MR) is 102 cm³/mol. The van der Waals surface area contributed by atoms with Crippen molar-refractivity contribution in [3.05, 3.63) is 48.5 Å². The number of para-hydroxylation sites is 2. The standard InChI is InChI=1S/C15H11N2O3PS3/c18-21(9-22,19-14-16-10-5-1-3-7-12(10)23-14)20-15-17-11-6-2-4-8-13(11)24-15/h1-8,22H,9H2. The highest BCUT2D eigenvalue weighted by molar-refractivity contribution is 7.89. The van der Waals surface area contributed by atoms with Gasteiger partial charge >= 0.3 is 7.60 Å². The predicted octanol–water partition coefficient (Wildman–Crippen LogP) is 5.44. The monoisotopic (exact) mass is 394 g/mol. The molecule has 0 aliphatic heterocycles. The molecule has 2 aromatic heterocycles. The van der Waals surface area contributed by atoms with Gasteiger partial charge in [-0.05, 0) is 24.3 Å². The summed E-state index contributed by atoms with van der Waals surface area (Å²) in [5.41, 5.74) is 1.52. The van der Waals surface area contributed by atoms with Gasteiger partial charge in [-0.15, -0.1) is 0 Å². The highest BCUT2D eigenvalue weighted by Crippen LogP contribution is 2.51. The summed E-state index contributed by atoms with van der Waals surface area (Å²) in [5.74, 6) is 0. The first-order valence-electron chi connectivity index (χ1n) is 6.95. The quantitative estimate of drug-likeness (QED) is 0.361. The zero-order chi connectivity index (χ0) is 16.6. The van der Waals surface area contributed by atoms with Crippen molar-refractivity contribution in [2.45, 2.75) is 0 Å². The van der Waals surface area contributed by atoms with Crippen LogP contribution in [0.15, 0.2) is 48.5 Å². The SMILES string of the molecule is O=P(CS)(Oc1nc2ccccc2s1)Oc1nc2ccccc2s1.